The summed E-state index contributed by atoms with van der Waals surface area (Å²) in [5.41, 5.74) is 4.72. The standard InChI is InChI=1S/3C12H9O2P.Al/c3*13-15(14)12-9-5-4-8-11(12)10-6-2-1-3-7-10;/h3*1-9H;/q;;;+3. The zero-order valence-corrected chi connectivity index (χ0v) is 28.3. The molecule has 46 heavy (non-hydrogen) atoms. The van der Waals surface area contributed by atoms with Crippen molar-refractivity contribution in [2.75, 3.05) is 0 Å². The van der Waals surface area contributed by atoms with Crippen LogP contribution in [0, 0.1) is 0 Å². The molecule has 0 fully saturated rings. The van der Waals surface area contributed by atoms with E-state index in [1.54, 1.807) is 36.4 Å². The summed E-state index contributed by atoms with van der Waals surface area (Å²) in [6, 6.07) is 50.1. The minimum atomic E-state index is -3.61. The van der Waals surface area contributed by atoms with Crippen molar-refractivity contribution in [1.29, 1.82) is 0 Å². The second kappa shape index (κ2) is 15.5. The largest absolute Gasteiger partial charge is 1.04 e. The minimum Gasteiger partial charge on any atom is -0.196 e. The Kier molecular flexibility index (Phi) is 10.8. The Morgan fingerprint density at radius 1 is 0.326 bits per heavy atom. The molecular weight excluding hydrogens is 648 g/mol. The molecule has 6 rings (SSSR count). The van der Waals surface area contributed by atoms with Crippen LogP contribution in [0.1, 0.15) is 0 Å². The summed E-state index contributed by atoms with van der Waals surface area (Å²) in [7, 11) is -7.67. The average molecular weight is 676 g/mol. The summed E-state index contributed by atoms with van der Waals surface area (Å²) in [4.78, 5) is 0. The van der Waals surface area contributed by atoms with Crippen molar-refractivity contribution < 1.29 is 24.4 Å². The van der Waals surface area contributed by atoms with Gasteiger partial charge in [0.25, 0.3) is 0 Å². The van der Waals surface area contributed by atoms with Gasteiger partial charge in [0.15, 0.2) is 0 Å². The van der Waals surface area contributed by atoms with Gasteiger partial charge in [0, 0.05) is 16.7 Å². The van der Waals surface area contributed by atoms with Gasteiger partial charge in [-0.3, -0.25) is 0 Å². The lowest BCUT2D eigenvalue weighted by Gasteiger charge is -2.03. The van der Waals surface area contributed by atoms with Gasteiger partial charge in [0.1, 0.15) is 0 Å². The molecule has 0 N–H and O–H groups in total. The van der Waals surface area contributed by atoms with Crippen molar-refractivity contribution in [3.05, 3.63) is 164 Å². The SMILES string of the molecule is O=[P+]([O][Al]([O][P+](=O)c1ccccc1-c1ccccc1)[O][P+](=O)c1ccccc1-c1ccccc1)c1ccccc1-c1ccccc1. The lowest BCUT2D eigenvalue weighted by molar-refractivity contribution is 0.331. The number of hydrogen-bond donors (Lipinski definition) is 0. The fourth-order valence-corrected chi connectivity index (χ4v) is 11.5. The van der Waals surface area contributed by atoms with E-state index in [9.17, 15) is 13.7 Å². The second-order valence-corrected chi connectivity index (χ2v) is 16.1. The van der Waals surface area contributed by atoms with Crippen LogP contribution in [0.4, 0.5) is 0 Å². The Morgan fingerprint density at radius 3 is 0.848 bits per heavy atom. The maximum Gasteiger partial charge on any atom is 1.04 e. The van der Waals surface area contributed by atoms with E-state index in [-0.39, 0.29) is 0 Å². The van der Waals surface area contributed by atoms with Crippen LogP contribution in [0.5, 0.6) is 0 Å². The van der Waals surface area contributed by atoms with Crippen molar-refractivity contribution >= 4 is 55.1 Å². The second-order valence-electron chi connectivity index (χ2n) is 10.0. The Morgan fingerprint density at radius 2 is 0.565 bits per heavy atom. The average Bonchev–Trinajstić information content (AvgIpc) is 3.12. The molecule has 0 amide bonds. The van der Waals surface area contributed by atoms with E-state index in [0.29, 0.717) is 15.9 Å². The summed E-state index contributed by atoms with van der Waals surface area (Å²) < 4.78 is 59.6. The highest BCUT2D eigenvalue weighted by molar-refractivity contribution is 7.53. The summed E-state index contributed by atoms with van der Waals surface area (Å²) in [6.07, 6.45) is 0. The van der Waals surface area contributed by atoms with Gasteiger partial charge < -0.3 is 0 Å². The molecule has 0 radical (unpaired) electrons. The van der Waals surface area contributed by atoms with E-state index in [0.717, 1.165) is 33.4 Å². The van der Waals surface area contributed by atoms with Crippen LogP contribution in [-0.2, 0) is 24.4 Å². The summed E-state index contributed by atoms with van der Waals surface area (Å²) in [6.45, 7) is 0. The van der Waals surface area contributed by atoms with Crippen LogP contribution in [0.3, 0.4) is 0 Å². The Labute approximate surface area is 275 Å². The summed E-state index contributed by atoms with van der Waals surface area (Å²) >= 11 is -3.61. The highest BCUT2D eigenvalue weighted by Crippen LogP contribution is 2.39. The first-order chi connectivity index (χ1) is 22.6. The van der Waals surface area contributed by atoms with Crippen molar-refractivity contribution in [2.45, 2.75) is 0 Å². The molecular formula is C36H27AlO6P3+3. The molecule has 3 unspecified atom stereocenters. The molecule has 222 valence electrons. The third-order valence-electron chi connectivity index (χ3n) is 7.10. The highest BCUT2D eigenvalue weighted by Gasteiger charge is 2.58. The fraction of sp³-hybridized carbons (Fsp3) is 0. The predicted molar refractivity (Wildman–Crippen MR) is 186 cm³/mol. The van der Waals surface area contributed by atoms with E-state index < -0.39 is 39.2 Å². The maximum absolute atomic E-state index is 13.9. The van der Waals surface area contributed by atoms with Gasteiger partial charge in [0.2, 0.25) is 15.9 Å². The van der Waals surface area contributed by atoms with Crippen LogP contribution in [-0.4, -0.2) is 15.1 Å². The predicted octanol–water partition coefficient (Wildman–Crippen LogP) is 9.23. The first-order valence-electron chi connectivity index (χ1n) is 14.4. The highest BCUT2D eigenvalue weighted by atomic mass is 31.1. The van der Waals surface area contributed by atoms with E-state index in [1.807, 2.05) is 127 Å². The zero-order valence-electron chi connectivity index (χ0n) is 24.5. The number of rotatable bonds is 12. The van der Waals surface area contributed by atoms with Crippen molar-refractivity contribution in [2.24, 2.45) is 0 Å². The van der Waals surface area contributed by atoms with Gasteiger partial charge in [-0.15, -0.1) is 0 Å². The van der Waals surface area contributed by atoms with Gasteiger partial charge in [-0.05, 0) is 66.8 Å². The van der Waals surface area contributed by atoms with E-state index in [1.165, 1.54) is 0 Å². The molecule has 0 aliphatic rings. The molecule has 0 bridgehead atoms. The molecule has 0 spiro atoms. The van der Waals surface area contributed by atoms with Crippen molar-refractivity contribution in [3.63, 3.8) is 0 Å². The topological polar surface area (TPSA) is 78.9 Å². The van der Waals surface area contributed by atoms with Crippen molar-refractivity contribution in [3.8, 4) is 33.4 Å². The third-order valence-corrected chi connectivity index (χ3v) is 13.8. The van der Waals surface area contributed by atoms with Crippen LogP contribution < -0.4 is 15.9 Å². The quantitative estimate of drug-likeness (QED) is 0.0951. The Bertz CT molecular complexity index is 1760. The maximum atomic E-state index is 13.9. The molecule has 0 saturated carbocycles. The van der Waals surface area contributed by atoms with Gasteiger partial charge in [-0.2, -0.15) is 10.7 Å². The van der Waals surface area contributed by atoms with Gasteiger partial charge in [0.05, 0.1) is 0 Å². The summed E-state index contributed by atoms with van der Waals surface area (Å²) in [5, 5.41) is 1.27. The zero-order chi connectivity index (χ0) is 31.7. The van der Waals surface area contributed by atoms with Crippen LogP contribution >= 0.6 is 24.1 Å². The molecule has 6 aromatic carbocycles. The van der Waals surface area contributed by atoms with E-state index in [4.69, 9.17) is 10.7 Å². The van der Waals surface area contributed by atoms with Crippen LogP contribution in [0.2, 0.25) is 0 Å². The number of benzene rings is 6. The first-order valence-corrected chi connectivity index (χ1v) is 19.4. The van der Waals surface area contributed by atoms with Gasteiger partial charge in [-0.1, -0.05) is 127 Å². The molecule has 3 atom stereocenters. The monoisotopic (exact) mass is 675 g/mol. The van der Waals surface area contributed by atoms with E-state index >= 15 is 0 Å². The normalized spacial score (nSPS) is 11.9. The van der Waals surface area contributed by atoms with E-state index in [2.05, 4.69) is 0 Å². The molecule has 0 aliphatic heterocycles. The fourth-order valence-electron chi connectivity index (χ4n) is 4.95. The Hall–Kier alpha value is -3.97. The lowest BCUT2D eigenvalue weighted by Crippen LogP contribution is -2.24. The number of hydrogen-bond acceptors (Lipinski definition) is 6. The first kappa shape index (κ1) is 32.0. The molecule has 10 heteroatoms. The molecule has 6 nitrogen and oxygen atoms in total. The van der Waals surface area contributed by atoms with Crippen LogP contribution in [0.25, 0.3) is 33.4 Å². The molecule has 6 aromatic rings. The minimum absolute atomic E-state index is 0.424. The molecule has 0 aromatic heterocycles. The smallest absolute Gasteiger partial charge is 0.196 e. The molecule has 0 saturated heterocycles. The Balaban J connectivity index is 1.33. The van der Waals surface area contributed by atoms with Gasteiger partial charge >= 0.3 is 39.2 Å². The molecule has 0 aliphatic carbocycles. The third kappa shape index (κ3) is 7.69. The molecule has 0 heterocycles. The van der Waals surface area contributed by atoms with Crippen LogP contribution in [0.15, 0.2) is 164 Å². The summed E-state index contributed by atoms with van der Waals surface area (Å²) in [5.74, 6) is 0. The van der Waals surface area contributed by atoms with Crippen molar-refractivity contribution in [1.82, 2.24) is 0 Å². The van der Waals surface area contributed by atoms with Gasteiger partial charge in [-0.25, -0.2) is 0 Å². The lowest BCUT2D eigenvalue weighted by atomic mass is 10.1.